The van der Waals surface area contributed by atoms with Crippen LogP contribution in [0.4, 0.5) is 4.79 Å². The first-order chi connectivity index (χ1) is 16.7. The molecule has 0 radical (unpaired) electrons. The molecule has 0 fully saturated rings. The van der Waals surface area contributed by atoms with Crippen LogP contribution in [-0.4, -0.2) is 40.3 Å². The number of hydrogen-bond donors (Lipinski definition) is 1. The molecule has 0 aliphatic rings. The maximum absolute atomic E-state index is 12.9. The molecular formula is C29H45NO5Si. The number of aryl methyl sites for hydroxylation is 1. The lowest BCUT2D eigenvalue weighted by atomic mass is 9.96. The fourth-order valence-electron chi connectivity index (χ4n) is 3.64. The summed E-state index contributed by atoms with van der Waals surface area (Å²) in [5, 5.41) is 3.16. The van der Waals surface area contributed by atoms with E-state index in [1.807, 2.05) is 57.2 Å². The molecular weight excluding hydrogens is 470 g/mol. The Morgan fingerprint density at radius 1 is 0.917 bits per heavy atom. The van der Waals surface area contributed by atoms with Crippen LogP contribution in [-0.2, 0) is 15.6 Å². The number of nitrogens with one attached hydrogen (secondary N) is 1. The molecule has 1 amide bonds. The first-order valence-electron chi connectivity index (χ1n) is 12.6. The number of carbonyl (C=O) groups excluding carboxylic acids is 1. The average Bonchev–Trinajstić information content (AvgIpc) is 2.78. The predicted molar refractivity (Wildman–Crippen MR) is 148 cm³/mol. The summed E-state index contributed by atoms with van der Waals surface area (Å²) in [4.78, 5) is 12.9. The summed E-state index contributed by atoms with van der Waals surface area (Å²) in [5.74, 6) is 1.37. The number of methoxy groups -OCH3 is 2. The van der Waals surface area contributed by atoms with Crippen LogP contribution < -0.4 is 14.8 Å². The lowest BCUT2D eigenvalue weighted by Gasteiger charge is -2.42. The molecule has 1 N–H and O–H groups in total. The van der Waals surface area contributed by atoms with Gasteiger partial charge in [0.25, 0.3) is 0 Å². The third-order valence-corrected chi connectivity index (χ3v) is 11.1. The molecule has 0 saturated carbocycles. The van der Waals surface area contributed by atoms with Crippen LogP contribution in [0.25, 0.3) is 0 Å². The Kier molecular flexibility index (Phi) is 10.0. The number of amides is 1. The molecule has 200 valence electrons. The van der Waals surface area contributed by atoms with E-state index < -0.39 is 20.0 Å². The zero-order valence-electron chi connectivity index (χ0n) is 23.7. The highest BCUT2D eigenvalue weighted by molar-refractivity contribution is 6.74. The van der Waals surface area contributed by atoms with E-state index in [1.165, 1.54) is 0 Å². The van der Waals surface area contributed by atoms with Crippen molar-refractivity contribution in [1.29, 1.82) is 0 Å². The van der Waals surface area contributed by atoms with Gasteiger partial charge in [-0.1, -0.05) is 57.2 Å². The molecule has 7 heteroatoms. The van der Waals surface area contributed by atoms with Gasteiger partial charge in [-0.15, -0.1) is 0 Å². The van der Waals surface area contributed by atoms with Gasteiger partial charge in [-0.05, 0) is 75.0 Å². The Morgan fingerprint density at radius 2 is 1.53 bits per heavy atom. The van der Waals surface area contributed by atoms with Crippen LogP contribution >= 0.6 is 0 Å². The van der Waals surface area contributed by atoms with Crippen LogP contribution in [0.5, 0.6) is 11.5 Å². The second kappa shape index (κ2) is 12.1. The van der Waals surface area contributed by atoms with Gasteiger partial charge >= 0.3 is 6.09 Å². The number of rotatable bonds is 10. The van der Waals surface area contributed by atoms with Gasteiger partial charge in [-0.25, -0.2) is 4.79 Å². The van der Waals surface area contributed by atoms with E-state index in [9.17, 15) is 4.79 Å². The summed E-state index contributed by atoms with van der Waals surface area (Å²) in [6, 6.07) is 15.8. The maximum Gasteiger partial charge on any atom is 0.407 e. The Morgan fingerprint density at radius 3 is 2.06 bits per heavy atom. The fourth-order valence-corrected chi connectivity index (χ4v) is 4.92. The smallest absolute Gasteiger partial charge is 0.407 e. The molecule has 6 nitrogen and oxygen atoms in total. The van der Waals surface area contributed by atoms with E-state index in [1.54, 1.807) is 14.2 Å². The van der Waals surface area contributed by atoms with Gasteiger partial charge in [-0.3, -0.25) is 0 Å². The van der Waals surface area contributed by atoms with Crippen molar-refractivity contribution in [2.75, 3.05) is 14.2 Å². The van der Waals surface area contributed by atoms with Crippen molar-refractivity contribution >= 4 is 14.4 Å². The van der Waals surface area contributed by atoms with Crippen LogP contribution in [0.15, 0.2) is 48.5 Å². The van der Waals surface area contributed by atoms with Gasteiger partial charge in [0, 0.05) is 0 Å². The molecule has 0 saturated heterocycles. The highest BCUT2D eigenvalue weighted by atomic mass is 28.4. The lowest BCUT2D eigenvalue weighted by Crippen LogP contribution is -2.49. The van der Waals surface area contributed by atoms with Crippen molar-refractivity contribution in [2.45, 2.75) is 90.3 Å². The van der Waals surface area contributed by atoms with Crippen LogP contribution in [0.2, 0.25) is 18.1 Å². The number of hydrogen-bond acceptors (Lipinski definition) is 5. The van der Waals surface area contributed by atoms with E-state index in [4.69, 9.17) is 18.6 Å². The van der Waals surface area contributed by atoms with Crippen molar-refractivity contribution in [3.05, 3.63) is 59.7 Å². The van der Waals surface area contributed by atoms with Crippen molar-refractivity contribution in [3.8, 4) is 11.5 Å². The van der Waals surface area contributed by atoms with Crippen LogP contribution in [0, 0.1) is 0 Å². The molecule has 2 aromatic carbocycles. The summed E-state index contributed by atoms with van der Waals surface area (Å²) < 4.78 is 23.5. The van der Waals surface area contributed by atoms with Gasteiger partial charge in [0.05, 0.1) is 26.4 Å². The second-order valence-corrected chi connectivity index (χ2v) is 16.4. The first kappa shape index (κ1) is 29.7. The molecule has 0 bridgehead atoms. The Labute approximate surface area is 218 Å². The summed E-state index contributed by atoms with van der Waals surface area (Å²) in [5.41, 5.74) is 1.53. The minimum atomic E-state index is -2.18. The lowest BCUT2D eigenvalue weighted by molar-refractivity contribution is 0.0425. The summed E-state index contributed by atoms with van der Waals surface area (Å²) in [6.07, 6.45) is 0.604. The van der Waals surface area contributed by atoms with E-state index in [0.29, 0.717) is 24.3 Å². The Balaban J connectivity index is 2.43. The van der Waals surface area contributed by atoms with Crippen molar-refractivity contribution in [2.24, 2.45) is 0 Å². The van der Waals surface area contributed by atoms with E-state index in [-0.39, 0.29) is 17.2 Å². The van der Waals surface area contributed by atoms with Crippen molar-refractivity contribution in [1.82, 2.24) is 5.32 Å². The molecule has 2 atom stereocenters. The van der Waals surface area contributed by atoms with Crippen molar-refractivity contribution in [3.63, 3.8) is 0 Å². The highest BCUT2D eigenvalue weighted by Crippen LogP contribution is 2.41. The van der Waals surface area contributed by atoms with Crippen LogP contribution in [0.3, 0.4) is 0 Å². The summed E-state index contributed by atoms with van der Waals surface area (Å²) in [6.45, 7) is 16.7. The molecule has 2 aromatic rings. The molecule has 0 heterocycles. The molecule has 36 heavy (non-hydrogen) atoms. The van der Waals surface area contributed by atoms with Gasteiger partial charge in [-0.2, -0.15) is 0 Å². The van der Waals surface area contributed by atoms with Gasteiger partial charge < -0.3 is 24.0 Å². The Hall–Kier alpha value is -2.51. The molecule has 0 aliphatic carbocycles. The zero-order chi connectivity index (χ0) is 27.1. The second-order valence-electron chi connectivity index (χ2n) is 11.7. The standard InChI is InChI=1S/C29H45NO5Si/c1-28(2,3)34-27(31)30-23(18-16-21-17-19-24(32-7)25(20-21)33-8)26(22-14-12-11-13-15-22)35-36(9,10)29(4,5)6/h11-15,17,19-20,23,26H,16,18H2,1-10H3,(H,30,31)/t23-,26-/m1/s1. The monoisotopic (exact) mass is 515 g/mol. The predicted octanol–water partition coefficient (Wildman–Crippen LogP) is 7.29. The number of benzene rings is 2. The largest absolute Gasteiger partial charge is 0.493 e. The number of alkyl carbamates (subject to hydrolysis) is 1. The van der Waals surface area contributed by atoms with Gasteiger partial charge in [0.15, 0.2) is 19.8 Å². The molecule has 0 unspecified atom stereocenters. The molecule has 0 spiro atoms. The number of ether oxygens (including phenoxy) is 3. The summed E-state index contributed by atoms with van der Waals surface area (Å²) in [7, 11) is 1.08. The third-order valence-electron chi connectivity index (χ3n) is 6.62. The van der Waals surface area contributed by atoms with Gasteiger partial charge in [0.2, 0.25) is 0 Å². The Bertz CT molecular complexity index is 979. The molecule has 0 aliphatic heterocycles. The first-order valence-corrected chi connectivity index (χ1v) is 15.5. The van der Waals surface area contributed by atoms with E-state index in [2.05, 4.69) is 51.3 Å². The molecule has 0 aromatic heterocycles. The third kappa shape index (κ3) is 8.56. The van der Waals surface area contributed by atoms with E-state index >= 15 is 0 Å². The van der Waals surface area contributed by atoms with E-state index in [0.717, 1.165) is 11.1 Å². The van der Waals surface area contributed by atoms with Crippen molar-refractivity contribution < 1.29 is 23.4 Å². The minimum absolute atomic E-state index is 0.0137. The summed E-state index contributed by atoms with van der Waals surface area (Å²) >= 11 is 0. The van der Waals surface area contributed by atoms with Crippen LogP contribution in [0.1, 0.15) is 65.2 Å². The molecule has 2 rings (SSSR count). The fraction of sp³-hybridized carbons (Fsp3) is 0.552. The maximum atomic E-state index is 12.9. The zero-order valence-corrected chi connectivity index (χ0v) is 24.7. The minimum Gasteiger partial charge on any atom is -0.493 e. The quantitative estimate of drug-likeness (QED) is 0.337. The normalized spacial score (nSPS) is 14.1. The highest BCUT2D eigenvalue weighted by Gasteiger charge is 2.41. The van der Waals surface area contributed by atoms with Gasteiger partial charge in [0.1, 0.15) is 5.60 Å². The average molecular weight is 516 g/mol. The number of carbonyl (C=O) groups is 1. The SMILES string of the molecule is COc1ccc(CC[C@@H](NC(=O)OC(C)(C)C)[C@H](O[Si](C)(C)C(C)(C)C)c2ccccc2)cc1OC. The topological polar surface area (TPSA) is 66.0 Å².